The van der Waals surface area contributed by atoms with E-state index in [9.17, 15) is 4.79 Å². The summed E-state index contributed by atoms with van der Waals surface area (Å²) in [6.45, 7) is 2.09. The van der Waals surface area contributed by atoms with Crippen molar-refractivity contribution in [1.29, 1.82) is 0 Å². The molecule has 0 unspecified atom stereocenters. The molecule has 28 heavy (non-hydrogen) atoms. The molecular weight excluding hydrogens is 382 g/mol. The van der Waals surface area contributed by atoms with Gasteiger partial charge in [0.2, 0.25) is 5.95 Å². The number of halogens is 1. The van der Waals surface area contributed by atoms with Gasteiger partial charge in [0.25, 0.3) is 0 Å². The zero-order valence-corrected chi connectivity index (χ0v) is 16.0. The lowest BCUT2D eigenvalue weighted by Crippen LogP contribution is -2.05. The van der Waals surface area contributed by atoms with Gasteiger partial charge in [0, 0.05) is 10.7 Å². The number of nitrogens with zero attached hydrogens (tertiary/aromatic N) is 3. The minimum Gasteiger partial charge on any atom is -0.495 e. The maximum Gasteiger partial charge on any atom is 0.338 e. The Morgan fingerprint density at radius 3 is 2.64 bits per heavy atom. The maximum atomic E-state index is 11.7. The van der Waals surface area contributed by atoms with E-state index < -0.39 is 0 Å². The number of ether oxygens (including phenoxy) is 2. The van der Waals surface area contributed by atoms with E-state index in [1.807, 2.05) is 0 Å². The van der Waals surface area contributed by atoms with Crippen molar-refractivity contribution in [1.82, 2.24) is 15.2 Å². The van der Waals surface area contributed by atoms with Crippen molar-refractivity contribution in [2.75, 3.05) is 24.4 Å². The first-order chi connectivity index (χ1) is 13.6. The van der Waals surface area contributed by atoms with Crippen molar-refractivity contribution in [2.45, 2.75) is 6.92 Å². The predicted octanol–water partition coefficient (Wildman–Crippen LogP) is 4.20. The van der Waals surface area contributed by atoms with Crippen LogP contribution in [0.4, 0.5) is 23.1 Å². The standard InChI is InChI=1S/C19H18ClN5O3/c1-3-28-18(26)12-4-7-14(8-5-12)22-19-24-17(11-21-25-19)23-15-10-13(20)6-9-16(15)27-2/h4-11H,3H2,1-2H3,(H2,22,23,24,25). The second kappa shape index (κ2) is 9.01. The van der Waals surface area contributed by atoms with Crippen LogP contribution in [0, 0.1) is 0 Å². The van der Waals surface area contributed by atoms with Gasteiger partial charge >= 0.3 is 5.97 Å². The summed E-state index contributed by atoms with van der Waals surface area (Å²) in [5, 5.41) is 14.6. The smallest absolute Gasteiger partial charge is 0.338 e. The van der Waals surface area contributed by atoms with Crippen molar-refractivity contribution in [2.24, 2.45) is 0 Å². The van der Waals surface area contributed by atoms with Gasteiger partial charge in [0.1, 0.15) is 5.75 Å². The number of benzene rings is 2. The Bertz CT molecular complexity index is 966. The monoisotopic (exact) mass is 399 g/mol. The fraction of sp³-hybridized carbons (Fsp3) is 0.158. The fourth-order valence-electron chi connectivity index (χ4n) is 2.37. The SMILES string of the molecule is CCOC(=O)c1ccc(Nc2nncc(Nc3cc(Cl)ccc3OC)n2)cc1. The van der Waals surface area contributed by atoms with Gasteiger partial charge in [-0.3, -0.25) is 0 Å². The lowest BCUT2D eigenvalue weighted by Gasteiger charge is -2.11. The summed E-state index contributed by atoms with van der Waals surface area (Å²) in [6, 6.07) is 12.0. The molecule has 0 radical (unpaired) electrons. The highest BCUT2D eigenvalue weighted by molar-refractivity contribution is 6.31. The molecule has 0 amide bonds. The number of esters is 1. The molecule has 144 valence electrons. The second-order valence-corrected chi connectivity index (χ2v) is 5.99. The number of hydrogen-bond donors (Lipinski definition) is 2. The number of carbonyl (C=O) groups excluding carboxylic acids is 1. The van der Waals surface area contributed by atoms with Crippen LogP contribution >= 0.6 is 11.6 Å². The molecule has 1 aromatic heterocycles. The van der Waals surface area contributed by atoms with E-state index in [0.717, 1.165) is 0 Å². The van der Waals surface area contributed by atoms with Gasteiger partial charge in [0.05, 0.1) is 31.2 Å². The molecule has 2 N–H and O–H groups in total. The molecule has 0 aliphatic heterocycles. The molecule has 0 saturated heterocycles. The molecule has 0 aliphatic carbocycles. The molecule has 0 bridgehead atoms. The minimum atomic E-state index is -0.367. The summed E-state index contributed by atoms with van der Waals surface area (Å²) in [5.74, 6) is 0.997. The largest absolute Gasteiger partial charge is 0.495 e. The quantitative estimate of drug-likeness (QED) is 0.570. The van der Waals surface area contributed by atoms with Gasteiger partial charge in [-0.25, -0.2) is 4.79 Å². The summed E-state index contributed by atoms with van der Waals surface area (Å²) in [7, 11) is 1.57. The normalized spacial score (nSPS) is 10.2. The van der Waals surface area contributed by atoms with Gasteiger partial charge in [-0.2, -0.15) is 10.1 Å². The van der Waals surface area contributed by atoms with E-state index in [4.69, 9.17) is 21.1 Å². The average Bonchev–Trinajstić information content (AvgIpc) is 2.69. The topological polar surface area (TPSA) is 98.3 Å². The van der Waals surface area contributed by atoms with Crippen LogP contribution in [0.15, 0.2) is 48.7 Å². The number of carbonyl (C=O) groups is 1. The van der Waals surface area contributed by atoms with Crippen molar-refractivity contribution >= 4 is 40.7 Å². The Hall–Kier alpha value is -3.39. The highest BCUT2D eigenvalue weighted by Crippen LogP contribution is 2.30. The van der Waals surface area contributed by atoms with Crippen LogP contribution in [0.2, 0.25) is 5.02 Å². The molecule has 8 nitrogen and oxygen atoms in total. The van der Waals surface area contributed by atoms with E-state index in [-0.39, 0.29) is 11.9 Å². The van der Waals surface area contributed by atoms with E-state index >= 15 is 0 Å². The van der Waals surface area contributed by atoms with Gasteiger partial charge in [0.15, 0.2) is 5.82 Å². The Morgan fingerprint density at radius 1 is 1.14 bits per heavy atom. The molecule has 3 aromatic rings. The highest BCUT2D eigenvalue weighted by atomic mass is 35.5. The first-order valence-corrected chi connectivity index (χ1v) is 8.81. The minimum absolute atomic E-state index is 0.287. The van der Waals surface area contributed by atoms with E-state index in [1.54, 1.807) is 56.5 Å². The number of nitrogens with one attached hydrogen (secondary N) is 2. The number of rotatable bonds is 7. The number of methoxy groups -OCH3 is 1. The van der Waals surface area contributed by atoms with E-state index in [1.165, 1.54) is 6.20 Å². The first kappa shape index (κ1) is 19.4. The van der Waals surface area contributed by atoms with Crippen LogP contribution in [-0.2, 0) is 4.74 Å². The summed E-state index contributed by atoms with van der Waals surface area (Å²) in [4.78, 5) is 16.1. The van der Waals surface area contributed by atoms with Gasteiger partial charge in [-0.1, -0.05) is 11.6 Å². The Morgan fingerprint density at radius 2 is 1.93 bits per heavy atom. The Kier molecular flexibility index (Phi) is 6.23. The van der Waals surface area contributed by atoms with Crippen molar-refractivity contribution < 1.29 is 14.3 Å². The maximum absolute atomic E-state index is 11.7. The van der Waals surface area contributed by atoms with Crippen molar-refractivity contribution in [3.63, 3.8) is 0 Å². The number of anilines is 4. The third kappa shape index (κ3) is 4.86. The molecule has 0 saturated carbocycles. The molecule has 0 fully saturated rings. The summed E-state index contributed by atoms with van der Waals surface area (Å²) >= 11 is 6.04. The first-order valence-electron chi connectivity index (χ1n) is 8.43. The molecule has 0 spiro atoms. The molecule has 0 aliphatic rings. The lowest BCUT2D eigenvalue weighted by atomic mass is 10.2. The predicted molar refractivity (Wildman–Crippen MR) is 107 cm³/mol. The third-order valence-electron chi connectivity index (χ3n) is 3.64. The van der Waals surface area contributed by atoms with Crippen LogP contribution in [0.25, 0.3) is 0 Å². The highest BCUT2D eigenvalue weighted by Gasteiger charge is 2.09. The average molecular weight is 400 g/mol. The fourth-order valence-corrected chi connectivity index (χ4v) is 2.54. The van der Waals surface area contributed by atoms with E-state index in [0.29, 0.717) is 40.1 Å². The molecular formula is C19H18ClN5O3. The van der Waals surface area contributed by atoms with Crippen LogP contribution in [-0.4, -0.2) is 34.9 Å². The van der Waals surface area contributed by atoms with Crippen LogP contribution in [0.1, 0.15) is 17.3 Å². The van der Waals surface area contributed by atoms with Crippen LogP contribution in [0.3, 0.4) is 0 Å². The Balaban J connectivity index is 1.73. The second-order valence-electron chi connectivity index (χ2n) is 5.56. The summed E-state index contributed by atoms with van der Waals surface area (Å²) in [6.07, 6.45) is 1.48. The van der Waals surface area contributed by atoms with Gasteiger partial charge in [-0.05, 0) is 49.4 Å². The van der Waals surface area contributed by atoms with Gasteiger partial charge in [-0.15, -0.1) is 5.10 Å². The van der Waals surface area contributed by atoms with Crippen molar-refractivity contribution in [3.05, 3.63) is 59.2 Å². The van der Waals surface area contributed by atoms with Crippen LogP contribution < -0.4 is 15.4 Å². The zero-order valence-electron chi connectivity index (χ0n) is 15.3. The third-order valence-corrected chi connectivity index (χ3v) is 3.87. The molecule has 9 heteroatoms. The van der Waals surface area contributed by atoms with E-state index in [2.05, 4.69) is 25.8 Å². The Labute approximate surface area is 166 Å². The molecule has 0 atom stereocenters. The molecule has 3 rings (SSSR count). The zero-order chi connectivity index (χ0) is 19.9. The summed E-state index contributed by atoms with van der Waals surface area (Å²) < 4.78 is 10.3. The number of aromatic nitrogens is 3. The molecule has 2 aromatic carbocycles. The molecule has 1 heterocycles. The van der Waals surface area contributed by atoms with Crippen molar-refractivity contribution in [3.8, 4) is 5.75 Å². The lowest BCUT2D eigenvalue weighted by molar-refractivity contribution is 0.0526. The number of hydrogen-bond acceptors (Lipinski definition) is 8. The van der Waals surface area contributed by atoms with Crippen LogP contribution in [0.5, 0.6) is 5.75 Å². The summed E-state index contributed by atoms with van der Waals surface area (Å²) in [5.41, 5.74) is 1.82. The van der Waals surface area contributed by atoms with Gasteiger partial charge < -0.3 is 20.1 Å².